The number of fused-ring (bicyclic) bond motifs is 5. The van der Waals surface area contributed by atoms with Gasteiger partial charge in [-0.1, -0.05) is 34.5 Å². The van der Waals surface area contributed by atoms with Gasteiger partial charge in [-0.15, -0.1) is 0 Å². The molecule has 34 heavy (non-hydrogen) atoms. The number of H-pyrrole nitrogens is 1. The molecule has 7 heteroatoms. The molecule has 0 fully saturated rings. The summed E-state index contributed by atoms with van der Waals surface area (Å²) in [6.45, 7) is 11.5. The van der Waals surface area contributed by atoms with E-state index in [2.05, 4.69) is 56.1 Å². The van der Waals surface area contributed by atoms with Gasteiger partial charge in [-0.05, 0) is 75.1 Å². The molecule has 0 unspecified atom stereocenters. The van der Waals surface area contributed by atoms with Crippen molar-refractivity contribution >= 4 is 42.8 Å². The maximum absolute atomic E-state index is 10.8. The summed E-state index contributed by atoms with van der Waals surface area (Å²) in [6.07, 6.45) is 0. The van der Waals surface area contributed by atoms with Crippen LogP contribution in [0.1, 0.15) is 33.5 Å². The number of aryl methyl sites for hydroxylation is 6. The molecule has 176 valence electrons. The molecule has 2 heterocycles. The molecule has 0 atom stereocenters. The third kappa shape index (κ3) is 4.02. The highest BCUT2D eigenvalue weighted by Crippen LogP contribution is 2.32. The van der Waals surface area contributed by atoms with Crippen molar-refractivity contribution in [2.24, 2.45) is 0 Å². The maximum atomic E-state index is 10.8. The van der Waals surface area contributed by atoms with E-state index in [1.165, 1.54) is 32.9 Å². The Balaban J connectivity index is 0.000000182. The van der Waals surface area contributed by atoms with Gasteiger partial charge in [0, 0.05) is 23.9 Å². The Labute approximate surface area is 199 Å². The first-order valence-electron chi connectivity index (χ1n) is 11.0. The number of nitrogens with two attached hydrogens (primary N) is 1. The number of nitrogens with zero attached hydrogens (tertiary/aromatic N) is 1. The Kier molecular flexibility index (Phi) is 5.87. The lowest BCUT2D eigenvalue weighted by atomic mass is 10.0. The van der Waals surface area contributed by atoms with Gasteiger partial charge < -0.3 is 9.54 Å². The second kappa shape index (κ2) is 8.42. The number of aromatic nitrogens is 2. The first kappa shape index (κ1) is 23.7. The summed E-state index contributed by atoms with van der Waals surface area (Å²) in [7, 11) is -4.33. The maximum Gasteiger partial charge on any atom is 0.244 e. The third-order valence-electron chi connectivity index (χ3n) is 6.42. The summed E-state index contributed by atoms with van der Waals surface area (Å²) in [6, 6.07) is 16.1. The summed E-state index contributed by atoms with van der Waals surface area (Å²) in [4.78, 5) is 3.50. The molecule has 0 saturated carbocycles. The van der Waals surface area contributed by atoms with Crippen LogP contribution in [0.2, 0.25) is 0 Å². The molecule has 0 bridgehead atoms. The number of nitrogen functional groups attached to an aromatic ring is 1. The second-order valence-corrected chi connectivity index (χ2v) is 10.3. The third-order valence-corrected chi connectivity index (χ3v) is 7.57. The molecule has 0 aliphatic carbocycles. The number of hydrogen-bond acceptors (Lipinski definition) is 4. The van der Waals surface area contributed by atoms with Gasteiger partial charge in [-0.25, -0.2) is 14.3 Å². The minimum absolute atomic E-state index is 0.0851. The zero-order valence-electron chi connectivity index (χ0n) is 20.3. The highest BCUT2D eigenvalue weighted by atomic mass is 32.2. The fraction of sp³-hybridized carbons (Fsp3) is 0.222. The van der Waals surface area contributed by atoms with Gasteiger partial charge in [-0.2, -0.15) is 0 Å². The topological polar surface area (TPSA) is 103 Å². The van der Waals surface area contributed by atoms with E-state index < -0.39 is 10.1 Å². The van der Waals surface area contributed by atoms with Crippen LogP contribution in [-0.4, -0.2) is 18.0 Å². The molecule has 5 aromatic rings. The second-order valence-electron chi connectivity index (χ2n) is 9.01. The molecule has 3 N–H and O–H groups in total. The van der Waals surface area contributed by atoms with Gasteiger partial charge in [0.25, 0.3) is 0 Å². The van der Waals surface area contributed by atoms with Gasteiger partial charge in [0.15, 0.2) is 0 Å². The highest BCUT2D eigenvalue weighted by molar-refractivity contribution is 7.85. The average Bonchev–Trinajstić information content (AvgIpc) is 3.09. The van der Waals surface area contributed by atoms with Crippen LogP contribution in [0, 0.1) is 41.5 Å². The Morgan fingerprint density at radius 2 is 1.41 bits per heavy atom. The number of hydrogen-bond donors (Lipinski definition) is 2. The lowest BCUT2D eigenvalue weighted by molar-refractivity contribution is -0.616. The molecular formula is C27H29N3O3S. The van der Waals surface area contributed by atoms with Crippen LogP contribution < -0.4 is 10.5 Å². The van der Waals surface area contributed by atoms with Gasteiger partial charge >= 0.3 is 0 Å². The summed E-state index contributed by atoms with van der Waals surface area (Å²) < 4.78 is 34.3. The number of benzene rings is 3. The first-order chi connectivity index (χ1) is 15.9. The van der Waals surface area contributed by atoms with Gasteiger partial charge in [-0.3, -0.25) is 0 Å². The molecule has 0 radical (unpaired) electrons. The van der Waals surface area contributed by atoms with Gasteiger partial charge in [0.1, 0.15) is 10.1 Å². The van der Waals surface area contributed by atoms with Crippen molar-refractivity contribution in [2.75, 3.05) is 5.84 Å². The molecule has 2 aromatic heterocycles. The van der Waals surface area contributed by atoms with Crippen LogP contribution in [-0.2, 0) is 10.1 Å². The fourth-order valence-electron chi connectivity index (χ4n) is 4.79. The van der Waals surface area contributed by atoms with E-state index in [9.17, 15) is 13.0 Å². The summed E-state index contributed by atoms with van der Waals surface area (Å²) in [5.74, 6) is 6.31. The normalized spacial score (nSPS) is 11.7. The van der Waals surface area contributed by atoms with E-state index in [1.807, 2.05) is 13.0 Å². The highest BCUT2D eigenvalue weighted by Gasteiger charge is 2.20. The molecule has 0 spiro atoms. The van der Waals surface area contributed by atoms with E-state index in [1.54, 1.807) is 30.7 Å². The van der Waals surface area contributed by atoms with Crippen molar-refractivity contribution in [3.63, 3.8) is 0 Å². The van der Waals surface area contributed by atoms with Crippen LogP contribution >= 0.6 is 0 Å². The van der Waals surface area contributed by atoms with Crippen molar-refractivity contribution in [1.82, 2.24) is 4.98 Å². The molecule has 3 aromatic carbocycles. The minimum atomic E-state index is -4.33. The predicted octanol–water partition coefficient (Wildman–Crippen LogP) is 4.92. The standard InChI is InChI=1S/C18H17N3.C9H12O3S/c1-10-8-14-15(9-11(10)2)20-18-13-6-4-5-7-16(13)21(19)12(3)17(14)18;1-6-4-7(2)9(8(3)5-6)13(10,11)12/h4-9H,19H2,1-3H3;4-5H,1-3H3,(H,10,11,12). The van der Waals surface area contributed by atoms with E-state index in [0.29, 0.717) is 11.1 Å². The van der Waals surface area contributed by atoms with Crippen molar-refractivity contribution < 1.29 is 17.6 Å². The lowest BCUT2D eigenvalue weighted by Gasteiger charge is -2.14. The molecule has 0 aliphatic rings. The van der Waals surface area contributed by atoms with Crippen molar-refractivity contribution in [3.05, 3.63) is 82.0 Å². The molecular weight excluding hydrogens is 446 g/mol. The molecule has 6 nitrogen and oxygen atoms in total. The van der Waals surface area contributed by atoms with E-state index in [-0.39, 0.29) is 4.90 Å². The minimum Gasteiger partial charge on any atom is -0.744 e. The summed E-state index contributed by atoms with van der Waals surface area (Å²) in [5.41, 5.74) is 9.08. The van der Waals surface area contributed by atoms with Crippen molar-refractivity contribution in [2.45, 2.75) is 46.4 Å². The SMILES string of the molecule is Cc1cc(C)c(S(=O)(=O)[O-])c(C)c1.Cc1cc2[nH]c3c4ccccc4[n+](N)c(C)c3c2cc1C. The number of aromatic amines is 1. The van der Waals surface area contributed by atoms with Crippen LogP contribution in [0.25, 0.3) is 32.7 Å². The summed E-state index contributed by atoms with van der Waals surface area (Å²) >= 11 is 0. The Morgan fingerprint density at radius 3 is 2.03 bits per heavy atom. The smallest absolute Gasteiger partial charge is 0.244 e. The molecule has 0 amide bonds. The largest absolute Gasteiger partial charge is 0.744 e. The number of pyridine rings is 1. The average molecular weight is 476 g/mol. The Bertz CT molecular complexity index is 1680. The van der Waals surface area contributed by atoms with Crippen molar-refractivity contribution in [1.29, 1.82) is 0 Å². The Morgan fingerprint density at radius 1 is 0.824 bits per heavy atom. The molecule has 5 rings (SSSR count). The van der Waals surface area contributed by atoms with Crippen LogP contribution in [0.3, 0.4) is 0 Å². The van der Waals surface area contributed by atoms with Crippen LogP contribution in [0.15, 0.2) is 53.4 Å². The van der Waals surface area contributed by atoms with E-state index in [4.69, 9.17) is 5.84 Å². The van der Waals surface area contributed by atoms with E-state index >= 15 is 0 Å². The zero-order valence-corrected chi connectivity index (χ0v) is 21.1. The van der Waals surface area contributed by atoms with Gasteiger partial charge in [0.05, 0.1) is 21.2 Å². The number of rotatable bonds is 1. The molecule has 0 saturated heterocycles. The number of para-hydroxylation sites is 1. The Hall–Kier alpha value is -3.42. The number of nitrogens with one attached hydrogen (secondary N) is 1. The molecule has 0 aliphatic heterocycles. The van der Waals surface area contributed by atoms with Crippen molar-refractivity contribution in [3.8, 4) is 0 Å². The van der Waals surface area contributed by atoms with Crippen LogP contribution in [0.4, 0.5) is 0 Å². The van der Waals surface area contributed by atoms with E-state index in [0.717, 1.165) is 22.2 Å². The van der Waals surface area contributed by atoms with Crippen LogP contribution in [0.5, 0.6) is 0 Å². The fourth-order valence-corrected chi connectivity index (χ4v) is 5.70. The quantitative estimate of drug-likeness (QED) is 0.204. The summed E-state index contributed by atoms with van der Waals surface area (Å²) in [5, 5.41) is 3.62. The first-order valence-corrected chi connectivity index (χ1v) is 12.5. The lowest BCUT2D eigenvalue weighted by Crippen LogP contribution is -2.47. The predicted molar refractivity (Wildman–Crippen MR) is 136 cm³/mol. The monoisotopic (exact) mass is 475 g/mol. The van der Waals surface area contributed by atoms with Gasteiger partial charge in [0.2, 0.25) is 11.2 Å². The zero-order chi connectivity index (χ0) is 24.9.